The van der Waals surface area contributed by atoms with E-state index in [0.29, 0.717) is 35.0 Å². The fourth-order valence-electron chi connectivity index (χ4n) is 3.35. The molecule has 1 heterocycles. The van der Waals surface area contributed by atoms with E-state index in [1.165, 1.54) is 21.3 Å². The molecule has 0 amide bonds. The molecule has 3 rings (SSSR count). The summed E-state index contributed by atoms with van der Waals surface area (Å²) in [5.74, 6) is 1.30. The SMILES string of the molecule is COc1cc(C(=O)/C(=C/c2c[nH]c3ccccc23)OCC(C)[Si](C)(C)C)cc(OC)c1OC. The number of aromatic nitrogens is 1. The third-order valence-corrected chi connectivity index (χ3v) is 9.15. The van der Waals surface area contributed by atoms with Gasteiger partial charge in [0.15, 0.2) is 17.3 Å². The third-order valence-electron chi connectivity index (χ3n) is 6.03. The first-order chi connectivity index (χ1) is 15.7. The highest BCUT2D eigenvalue weighted by molar-refractivity contribution is 6.77. The van der Waals surface area contributed by atoms with Crippen LogP contribution in [-0.4, -0.2) is 46.8 Å². The van der Waals surface area contributed by atoms with Gasteiger partial charge in [-0.1, -0.05) is 44.8 Å². The number of Topliss-reactive ketones (excluding diaryl/α,β-unsaturated/α-hetero) is 1. The quantitative estimate of drug-likeness (QED) is 0.167. The predicted octanol–water partition coefficient (Wildman–Crippen LogP) is 6.16. The molecule has 0 fully saturated rings. The number of nitrogens with one attached hydrogen (secondary N) is 1. The van der Waals surface area contributed by atoms with Crippen molar-refractivity contribution in [2.24, 2.45) is 0 Å². The third kappa shape index (κ3) is 5.42. The topological polar surface area (TPSA) is 69.8 Å². The number of rotatable bonds is 10. The highest BCUT2D eigenvalue weighted by Gasteiger charge is 2.26. The molecule has 7 heteroatoms. The van der Waals surface area contributed by atoms with Crippen molar-refractivity contribution < 1.29 is 23.7 Å². The van der Waals surface area contributed by atoms with Crippen molar-refractivity contribution in [1.29, 1.82) is 0 Å². The molecule has 1 atom stereocenters. The Morgan fingerprint density at radius 1 is 1.03 bits per heavy atom. The first-order valence-electron chi connectivity index (χ1n) is 10.9. The summed E-state index contributed by atoms with van der Waals surface area (Å²) in [6.07, 6.45) is 3.69. The largest absolute Gasteiger partial charge is 0.493 e. The van der Waals surface area contributed by atoms with Crippen LogP contribution in [0.15, 0.2) is 48.4 Å². The van der Waals surface area contributed by atoms with Gasteiger partial charge >= 0.3 is 0 Å². The summed E-state index contributed by atoms with van der Waals surface area (Å²) in [7, 11) is 3.16. The van der Waals surface area contributed by atoms with Gasteiger partial charge in [0.2, 0.25) is 11.5 Å². The lowest BCUT2D eigenvalue weighted by molar-refractivity contribution is 0.0921. The van der Waals surface area contributed by atoms with Crippen LogP contribution in [0.25, 0.3) is 17.0 Å². The minimum Gasteiger partial charge on any atom is -0.493 e. The fraction of sp³-hybridized carbons (Fsp3) is 0.346. The number of hydrogen-bond donors (Lipinski definition) is 1. The molecule has 1 aromatic heterocycles. The molecule has 6 nitrogen and oxygen atoms in total. The second-order valence-electron chi connectivity index (χ2n) is 9.12. The summed E-state index contributed by atoms with van der Waals surface area (Å²) in [6, 6.07) is 11.3. The Bertz CT molecular complexity index is 1130. The number of benzene rings is 2. The van der Waals surface area contributed by atoms with E-state index in [-0.39, 0.29) is 11.5 Å². The van der Waals surface area contributed by atoms with E-state index in [1.807, 2.05) is 30.5 Å². The minimum absolute atomic E-state index is 0.248. The maximum atomic E-state index is 13.7. The molecule has 1 N–H and O–H groups in total. The van der Waals surface area contributed by atoms with Crippen molar-refractivity contribution in [3.8, 4) is 17.2 Å². The second-order valence-corrected chi connectivity index (χ2v) is 14.8. The molecule has 176 valence electrons. The van der Waals surface area contributed by atoms with E-state index in [1.54, 1.807) is 18.2 Å². The van der Waals surface area contributed by atoms with Crippen LogP contribution in [0.2, 0.25) is 25.2 Å². The number of aromatic amines is 1. The molecular weight excluding hydrogens is 434 g/mol. The Morgan fingerprint density at radius 3 is 2.24 bits per heavy atom. The van der Waals surface area contributed by atoms with Gasteiger partial charge in [-0.3, -0.25) is 4.79 Å². The molecule has 0 saturated carbocycles. The summed E-state index contributed by atoms with van der Waals surface area (Å²) in [6.45, 7) is 9.54. The number of fused-ring (bicyclic) bond motifs is 1. The smallest absolute Gasteiger partial charge is 0.227 e. The summed E-state index contributed by atoms with van der Waals surface area (Å²) in [4.78, 5) is 16.9. The molecule has 0 aliphatic heterocycles. The lowest BCUT2D eigenvalue weighted by Gasteiger charge is -2.25. The van der Waals surface area contributed by atoms with Crippen LogP contribution in [0, 0.1) is 0 Å². The van der Waals surface area contributed by atoms with Crippen molar-refractivity contribution >= 4 is 30.8 Å². The minimum atomic E-state index is -1.43. The van der Waals surface area contributed by atoms with E-state index >= 15 is 0 Å². The second kappa shape index (κ2) is 10.2. The lowest BCUT2D eigenvalue weighted by Crippen LogP contribution is -2.29. The number of carbonyl (C=O) groups is 1. The number of ketones is 1. The molecule has 3 aromatic rings. The average Bonchev–Trinajstić information content (AvgIpc) is 3.22. The number of ether oxygens (including phenoxy) is 4. The lowest BCUT2D eigenvalue weighted by atomic mass is 10.1. The van der Waals surface area contributed by atoms with Crippen molar-refractivity contribution in [3.05, 3.63) is 59.5 Å². The predicted molar refractivity (Wildman–Crippen MR) is 135 cm³/mol. The summed E-state index contributed by atoms with van der Waals surface area (Å²) < 4.78 is 22.5. The van der Waals surface area contributed by atoms with E-state index < -0.39 is 8.07 Å². The van der Waals surface area contributed by atoms with E-state index in [2.05, 4.69) is 31.5 Å². The zero-order chi connectivity index (χ0) is 24.2. The van der Waals surface area contributed by atoms with Gasteiger partial charge in [-0.15, -0.1) is 0 Å². The Labute approximate surface area is 196 Å². The van der Waals surface area contributed by atoms with Gasteiger partial charge in [0, 0.05) is 28.2 Å². The molecule has 1 unspecified atom stereocenters. The molecule has 0 saturated heterocycles. The Balaban J connectivity index is 2.06. The van der Waals surface area contributed by atoms with Crippen molar-refractivity contribution in [2.45, 2.75) is 32.1 Å². The zero-order valence-corrected chi connectivity index (χ0v) is 21.4. The normalized spacial score (nSPS) is 13.0. The highest BCUT2D eigenvalue weighted by Crippen LogP contribution is 2.39. The number of methoxy groups -OCH3 is 3. The van der Waals surface area contributed by atoms with Crippen molar-refractivity contribution in [3.63, 3.8) is 0 Å². The average molecular weight is 468 g/mol. The van der Waals surface area contributed by atoms with Crippen LogP contribution < -0.4 is 14.2 Å². The van der Waals surface area contributed by atoms with Crippen LogP contribution in [0.5, 0.6) is 17.2 Å². The highest BCUT2D eigenvalue weighted by atomic mass is 28.3. The molecule has 33 heavy (non-hydrogen) atoms. The number of para-hydroxylation sites is 1. The van der Waals surface area contributed by atoms with Crippen LogP contribution in [-0.2, 0) is 4.74 Å². The number of carbonyl (C=O) groups excluding carboxylic acids is 1. The zero-order valence-electron chi connectivity index (χ0n) is 20.4. The van der Waals surface area contributed by atoms with E-state index in [4.69, 9.17) is 18.9 Å². The maximum absolute atomic E-state index is 13.7. The number of allylic oxidation sites excluding steroid dienone is 1. The number of H-pyrrole nitrogens is 1. The van der Waals surface area contributed by atoms with Gasteiger partial charge in [-0.2, -0.15) is 0 Å². The molecule has 0 aliphatic rings. The molecule has 2 aromatic carbocycles. The first-order valence-corrected chi connectivity index (χ1v) is 14.5. The summed E-state index contributed by atoms with van der Waals surface area (Å²) >= 11 is 0. The Morgan fingerprint density at radius 2 is 1.67 bits per heavy atom. The number of hydrogen-bond acceptors (Lipinski definition) is 5. The van der Waals surface area contributed by atoms with Crippen LogP contribution >= 0.6 is 0 Å². The van der Waals surface area contributed by atoms with Gasteiger partial charge in [-0.25, -0.2) is 0 Å². The Hall–Kier alpha value is -3.19. The molecular formula is C26H33NO5Si. The summed E-state index contributed by atoms with van der Waals surface area (Å²) in [5, 5.41) is 1.02. The standard InChI is InChI=1S/C26H33NO5Si/c1-17(33(5,6)7)16-32-22(14-19-15-27-21-11-9-8-10-20(19)21)25(28)18-12-23(29-2)26(31-4)24(13-18)30-3/h8-15,17,27H,16H2,1-7H3/b22-14-. The van der Waals surface area contributed by atoms with Gasteiger partial charge in [0.25, 0.3) is 0 Å². The van der Waals surface area contributed by atoms with Crippen molar-refractivity contribution in [1.82, 2.24) is 4.98 Å². The first kappa shape index (κ1) is 24.4. The fourth-order valence-corrected chi connectivity index (χ4v) is 3.93. The Kier molecular flexibility index (Phi) is 7.53. The summed E-state index contributed by atoms with van der Waals surface area (Å²) in [5.41, 5.74) is 2.66. The van der Waals surface area contributed by atoms with E-state index in [0.717, 1.165) is 16.5 Å². The maximum Gasteiger partial charge on any atom is 0.227 e. The molecule has 0 bridgehead atoms. The van der Waals surface area contributed by atoms with Gasteiger partial charge in [-0.05, 0) is 29.8 Å². The van der Waals surface area contributed by atoms with Crippen LogP contribution in [0.4, 0.5) is 0 Å². The molecule has 0 radical (unpaired) electrons. The monoisotopic (exact) mass is 467 g/mol. The van der Waals surface area contributed by atoms with Crippen molar-refractivity contribution in [2.75, 3.05) is 27.9 Å². The molecule has 0 spiro atoms. The van der Waals surface area contributed by atoms with Gasteiger partial charge < -0.3 is 23.9 Å². The van der Waals surface area contributed by atoms with Crippen LogP contribution in [0.1, 0.15) is 22.8 Å². The van der Waals surface area contributed by atoms with Gasteiger partial charge in [0.05, 0.1) is 36.0 Å². The van der Waals surface area contributed by atoms with Gasteiger partial charge in [0.1, 0.15) is 0 Å². The van der Waals surface area contributed by atoms with Crippen LogP contribution in [0.3, 0.4) is 0 Å². The van der Waals surface area contributed by atoms with E-state index in [9.17, 15) is 4.79 Å². The molecule has 0 aliphatic carbocycles.